The van der Waals surface area contributed by atoms with Crippen LogP contribution >= 0.6 is 11.6 Å². The normalized spacial score (nSPS) is 27.5. The summed E-state index contributed by atoms with van der Waals surface area (Å²) < 4.78 is 19.9. The molecule has 1 saturated carbocycles. The van der Waals surface area contributed by atoms with Crippen LogP contribution in [-0.2, 0) is 4.74 Å². The van der Waals surface area contributed by atoms with Gasteiger partial charge in [-0.1, -0.05) is 17.7 Å². The Labute approximate surface area is 118 Å². The third-order valence-corrected chi connectivity index (χ3v) is 4.30. The van der Waals surface area contributed by atoms with E-state index in [-0.39, 0.29) is 11.9 Å². The zero-order chi connectivity index (χ0) is 13.2. The van der Waals surface area contributed by atoms with E-state index in [1.807, 2.05) is 0 Å². The van der Waals surface area contributed by atoms with Gasteiger partial charge in [0.1, 0.15) is 5.82 Å². The first kappa shape index (κ1) is 13.3. The minimum atomic E-state index is -0.254. The van der Waals surface area contributed by atoms with Crippen molar-refractivity contribution in [2.24, 2.45) is 5.92 Å². The van der Waals surface area contributed by atoms with Crippen molar-refractivity contribution in [3.8, 4) is 0 Å². The zero-order valence-electron chi connectivity index (χ0n) is 10.9. The molecule has 1 aliphatic carbocycles. The molecule has 2 nitrogen and oxygen atoms in total. The molecule has 2 atom stereocenters. The highest BCUT2D eigenvalue weighted by Gasteiger charge is 2.32. The lowest BCUT2D eigenvalue weighted by atomic mass is 9.89. The van der Waals surface area contributed by atoms with Crippen molar-refractivity contribution >= 4 is 11.6 Å². The van der Waals surface area contributed by atoms with Crippen molar-refractivity contribution in [2.75, 3.05) is 13.2 Å². The maximum Gasteiger partial charge on any atom is 0.130 e. The predicted octanol–water partition coefficient (Wildman–Crippen LogP) is 3.70. The molecule has 0 aromatic heterocycles. The van der Waals surface area contributed by atoms with Crippen LogP contribution in [0.1, 0.15) is 37.4 Å². The van der Waals surface area contributed by atoms with Gasteiger partial charge in [-0.2, -0.15) is 0 Å². The van der Waals surface area contributed by atoms with Gasteiger partial charge < -0.3 is 10.1 Å². The molecular formula is C15H19ClFNO. The molecule has 0 radical (unpaired) electrons. The van der Waals surface area contributed by atoms with Crippen LogP contribution in [0.3, 0.4) is 0 Å². The number of benzene rings is 1. The van der Waals surface area contributed by atoms with Gasteiger partial charge in [-0.3, -0.25) is 0 Å². The van der Waals surface area contributed by atoms with E-state index in [1.165, 1.54) is 18.9 Å². The highest BCUT2D eigenvalue weighted by Crippen LogP contribution is 2.38. The molecule has 1 aliphatic heterocycles. The number of hydrogen-bond acceptors (Lipinski definition) is 2. The molecule has 3 rings (SSSR count). The summed E-state index contributed by atoms with van der Waals surface area (Å²) in [6.45, 7) is 1.58. The maximum absolute atomic E-state index is 14.0. The monoisotopic (exact) mass is 283 g/mol. The second-order valence-corrected chi connectivity index (χ2v) is 5.92. The molecule has 1 aromatic rings. The Kier molecular flexibility index (Phi) is 4.06. The van der Waals surface area contributed by atoms with E-state index in [9.17, 15) is 4.39 Å². The Bertz CT molecular complexity index is 430. The molecule has 0 spiro atoms. The van der Waals surface area contributed by atoms with Gasteiger partial charge in [0.2, 0.25) is 0 Å². The second-order valence-electron chi connectivity index (χ2n) is 5.51. The summed E-state index contributed by atoms with van der Waals surface area (Å²) in [6.07, 6.45) is 4.42. The van der Waals surface area contributed by atoms with Gasteiger partial charge in [-0.05, 0) is 37.8 Å². The van der Waals surface area contributed by atoms with E-state index in [0.717, 1.165) is 19.4 Å². The number of hydrogen-bond donors (Lipinski definition) is 1. The fourth-order valence-electron chi connectivity index (χ4n) is 2.76. The van der Waals surface area contributed by atoms with Crippen LogP contribution in [0.25, 0.3) is 0 Å². The average Bonchev–Trinajstić information content (AvgIpc) is 3.21. The van der Waals surface area contributed by atoms with Crippen molar-refractivity contribution in [1.82, 2.24) is 5.32 Å². The smallest absolute Gasteiger partial charge is 0.130 e. The van der Waals surface area contributed by atoms with E-state index in [2.05, 4.69) is 5.32 Å². The first-order valence-corrected chi connectivity index (χ1v) is 7.42. The van der Waals surface area contributed by atoms with E-state index < -0.39 is 0 Å². The maximum atomic E-state index is 14.0. The molecule has 4 heteroatoms. The zero-order valence-corrected chi connectivity index (χ0v) is 11.6. The van der Waals surface area contributed by atoms with Crippen LogP contribution in [0, 0.1) is 11.7 Å². The Balaban J connectivity index is 1.78. The van der Waals surface area contributed by atoms with Gasteiger partial charge in [0.15, 0.2) is 0 Å². The summed E-state index contributed by atoms with van der Waals surface area (Å²) >= 11 is 6.16. The summed E-state index contributed by atoms with van der Waals surface area (Å²) in [4.78, 5) is 0. The minimum Gasteiger partial charge on any atom is -0.373 e. The Morgan fingerprint density at radius 3 is 2.89 bits per heavy atom. The topological polar surface area (TPSA) is 21.3 Å². The van der Waals surface area contributed by atoms with Crippen molar-refractivity contribution in [3.05, 3.63) is 34.6 Å². The molecule has 0 amide bonds. The second kappa shape index (κ2) is 5.78. The standard InChI is InChI=1S/C15H19ClFNO/c16-12-4-1-5-13(17)14(12)15-10(3-2-8-19-15)9-18-11-6-7-11/h1,4-5,10-11,15,18H,2-3,6-9H2. The molecule has 2 unspecified atom stereocenters. The number of ether oxygens (including phenoxy) is 1. The largest absolute Gasteiger partial charge is 0.373 e. The lowest BCUT2D eigenvalue weighted by Crippen LogP contribution is -2.33. The molecule has 2 fully saturated rings. The van der Waals surface area contributed by atoms with Gasteiger partial charge in [-0.25, -0.2) is 4.39 Å². The molecular weight excluding hydrogens is 265 g/mol. The predicted molar refractivity (Wildman–Crippen MR) is 73.9 cm³/mol. The van der Waals surface area contributed by atoms with Crippen molar-refractivity contribution in [2.45, 2.75) is 37.8 Å². The molecule has 104 valence electrons. The number of nitrogens with one attached hydrogen (secondary N) is 1. The van der Waals surface area contributed by atoms with Gasteiger partial charge in [0.05, 0.1) is 6.10 Å². The first-order valence-electron chi connectivity index (χ1n) is 7.04. The number of halogens is 2. The highest BCUT2D eigenvalue weighted by atomic mass is 35.5. The third kappa shape index (κ3) is 3.10. The van der Waals surface area contributed by atoms with Crippen molar-refractivity contribution in [1.29, 1.82) is 0 Å². The summed E-state index contributed by atoms with van der Waals surface area (Å²) in [7, 11) is 0. The van der Waals surface area contributed by atoms with Crippen LogP contribution in [0.5, 0.6) is 0 Å². The summed E-state index contributed by atoms with van der Waals surface area (Å²) in [6, 6.07) is 5.51. The van der Waals surface area contributed by atoms with Crippen LogP contribution in [0.15, 0.2) is 18.2 Å². The summed E-state index contributed by atoms with van der Waals surface area (Å²) in [5.41, 5.74) is 0.534. The van der Waals surface area contributed by atoms with Crippen LogP contribution in [0.2, 0.25) is 5.02 Å². The Morgan fingerprint density at radius 1 is 1.32 bits per heavy atom. The molecule has 1 heterocycles. The van der Waals surface area contributed by atoms with Crippen LogP contribution in [-0.4, -0.2) is 19.2 Å². The van der Waals surface area contributed by atoms with E-state index in [4.69, 9.17) is 16.3 Å². The molecule has 0 bridgehead atoms. The third-order valence-electron chi connectivity index (χ3n) is 3.98. The van der Waals surface area contributed by atoms with Gasteiger partial charge in [0, 0.05) is 35.7 Å². The quantitative estimate of drug-likeness (QED) is 0.910. The van der Waals surface area contributed by atoms with E-state index in [0.29, 0.717) is 29.2 Å². The summed E-state index contributed by atoms with van der Waals surface area (Å²) in [5, 5.41) is 3.99. The molecule has 19 heavy (non-hydrogen) atoms. The SMILES string of the molecule is Fc1cccc(Cl)c1C1OCCCC1CNC1CC1. The van der Waals surface area contributed by atoms with E-state index in [1.54, 1.807) is 12.1 Å². The first-order chi connectivity index (χ1) is 9.25. The fraction of sp³-hybridized carbons (Fsp3) is 0.600. The van der Waals surface area contributed by atoms with Gasteiger partial charge >= 0.3 is 0 Å². The van der Waals surface area contributed by atoms with Crippen LogP contribution < -0.4 is 5.32 Å². The van der Waals surface area contributed by atoms with Gasteiger partial charge in [0.25, 0.3) is 0 Å². The van der Waals surface area contributed by atoms with Crippen LogP contribution in [0.4, 0.5) is 4.39 Å². The number of rotatable bonds is 4. The Morgan fingerprint density at radius 2 is 2.16 bits per heavy atom. The van der Waals surface area contributed by atoms with Crippen molar-refractivity contribution < 1.29 is 9.13 Å². The summed E-state index contributed by atoms with van der Waals surface area (Å²) in [5.74, 6) is 0.0552. The van der Waals surface area contributed by atoms with Crippen molar-refractivity contribution in [3.63, 3.8) is 0 Å². The minimum absolute atomic E-state index is 0.214. The van der Waals surface area contributed by atoms with Gasteiger partial charge in [-0.15, -0.1) is 0 Å². The fourth-order valence-corrected chi connectivity index (χ4v) is 3.03. The molecule has 1 N–H and O–H groups in total. The molecule has 2 aliphatic rings. The molecule has 1 saturated heterocycles. The Hall–Kier alpha value is -0.640. The lowest BCUT2D eigenvalue weighted by molar-refractivity contribution is -0.0296. The molecule has 1 aromatic carbocycles. The lowest BCUT2D eigenvalue weighted by Gasteiger charge is -2.33. The van der Waals surface area contributed by atoms with E-state index >= 15 is 0 Å². The average molecular weight is 284 g/mol. The highest BCUT2D eigenvalue weighted by molar-refractivity contribution is 6.31.